The topological polar surface area (TPSA) is 39.9 Å². The summed E-state index contributed by atoms with van der Waals surface area (Å²) in [7, 11) is 0. The van der Waals surface area contributed by atoms with E-state index in [-0.39, 0.29) is 25.8 Å². The van der Waals surface area contributed by atoms with Gasteiger partial charge < -0.3 is 10.2 Å². The van der Waals surface area contributed by atoms with Crippen molar-refractivity contribution in [3.8, 4) is 0 Å². The first kappa shape index (κ1) is 12.8. The van der Waals surface area contributed by atoms with Crippen molar-refractivity contribution in [1.29, 1.82) is 0 Å². The van der Waals surface area contributed by atoms with E-state index in [4.69, 9.17) is 0 Å². The smallest absolute Gasteiger partial charge is 0 e. The molecule has 0 unspecified atom stereocenters. The summed E-state index contributed by atoms with van der Waals surface area (Å²) >= 11 is 0. The summed E-state index contributed by atoms with van der Waals surface area (Å²) in [6.07, 6.45) is 0. The zero-order chi connectivity index (χ0) is 9.35. The zero-order valence-corrected chi connectivity index (χ0v) is 11.5. The Morgan fingerprint density at radius 3 is 2.08 bits per heavy atom. The molecule has 1 rings (SSSR count). The van der Waals surface area contributed by atoms with Crippen LogP contribution in [0.3, 0.4) is 0 Å². The molecule has 0 amide bonds. The molecule has 0 atom stereocenters. The van der Waals surface area contributed by atoms with Crippen LogP contribution in [0.4, 0.5) is 0 Å². The Balaban J connectivity index is 0.00000144. The van der Waals surface area contributed by atoms with Gasteiger partial charge in [-0.3, -0.25) is 5.21 Å². The maximum Gasteiger partial charge on any atom is 0 e. The largest absolute Gasteiger partial charge is 0.354 e. The summed E-state index contributed by atoms with van der Waals surface area (Å²) in [4.78, 5) is 0. The quantitative estimate of drug-likeness (QED) is 0.774. The van der Waals surface area contributed by atoms with Gasteiger partial charge in [-0.2, -0.15) is 0 Å². The number of hydrogen-bond donors (Lipinski definition) is 0. The van der Waals surface area contributed by atoms with E-state index in [9.17, 15) is 0 Å². The minimum absolute atomic E-state index is 0. The molecule has 1 radical (unpaired) electrons. The summed E-state index contributed by atoms with van der Waals surface area (Å²) in [5.41, 5.74) is 2.11. The van der Waals surface area contributed by atoms with Crippen molar-refractivity contribution in [3.63, 3.8) is 0 Å². The first-order valence-electron chi connectivity index (χ1n) is 4.29. The summed E-state index contributed by atoms with van der Waals surface area (Å²) in [5.74, 6) is 0.411. The molecular weight excluding hydrogens is 336 g/mol. The van der Waals surface area contributed by atoms with Crippen LogP contribution in [0.25, 0.3) is 0 Å². The fourth-order valence-electron chi connectivity index (χ4n) is 1.14. The molecule has 3 nitrogen and oxygen atoms in total. The Kier molecular flexibility index (Phi) is 4.28. The summed E-state index contributed by atoms with van der Waals surface area (Å²) in [5, 5.41) is 11.8. The second-order valence-corrected chi connectivity index (χ2v) is 4.43. The first-order chi connectivity index (χ1) is 5.43. The molecule has 1 aromatic heterocycles. The summed E-state index contributed by atoms with van der Waals surface area (Å²) < 4.78 is 0. The van der Waals surface area contributed by atoms with Gasteiger partial charge in [0, 0.05) is 20.4 Å². The van der Waals surface area contributed by atoms with Gasteiger partial charge in [0.1, 0.15) is 0 Å². The Morgan fingerprint density at radius 1 is 1.23 bits per heavy atom. The molecule has 0 aliphatic heterocycles. The molecule has 0 spiro atoms. The Bertz CT molecular complexity index is 260. The van der Waals surface area contributed by atoms with Gasteiger partial charge >= 0.3 is 0 Å². The molecule has 1 aromatic rings. The van der Waals surface area contributed by atoms with Crippen molar-refractivity contribution in [1.82, 2.24) is 15.4 Å². The number of nitrogens with zero attached hydrogens (tertiary/aromatic N) is 3. The van der Waals surface area contributed by atoms with Gasteiger partial charge in [-0.15, -0.1) is 0 Å². The van der Waals surface area contributed by atoms with Crippen LogP contribution >= 0.6 is 0 Å². The second kappa shape index (κ2) is 4.35. The van der Waals surface area contributed by atoms with Crippen LogP contribution in [0.1, 0.15) is 51.9 Å². The van der Waals surface area contributed by atoms with E-state index in [1.54, 1.807) is 0 Å². The molecule has 0 aliphatic rings. The van der Waals surface area contributed by atoms with Crippen molar-refractivity contribution < 1.29 is 20.4 Å². The molecule has 4 heteroatoms. The zero-order valence-electron chi connectivity index (χ0n) is 8.80. The van der Waals surface area contributed by atoms with Crippen molar-refractivity contribution in [3.05, 3.63) is 11.4 Å². The van der Waals surface area contributed by atoms with Gasteiger partial charge in [-0.05, 0) is 22.7 Å². The third kappa shape index (κ3) is 2.89. The standard InChI is InChI=1S/C9H16N3.Re/c1-6(2)7-8(9(3,4)5)11-12-10-7;/h6H,1-5H3;/q-1;. The van der Waals surface area contributed by atoms with E-state index >= 15 is 0 Å². The maximum atomic E-state index is 4.05. The normalized spacial score (nSPS) is 11.5. The van der Waals surface area contributed by atoms with E-state index in [1.807, 2.05) is 0 Å². The van der Waals surface area contributed by atoms with Crippen molar-refractivity contribution in [2.24, 2.45) is 0 Å². The summed E-state index contributed by atoms with van der Waals surface area (Å²) in [6.45, 7) is 10.6. The van der Waals surface area contributed by atoms with Crippen molar-refractivity contribution in [2.45, 2.75) is 46.0 Å². The van der Waals surface area contributed by atoms with Gasteiger partial charge in [0.05, 0.1) is 0 Å². The van der Waals surface area contributed by atoms with Gasteiger partial charge in [0.15, 0.2) is 0 Å². The average molecular weight is 352 g/mol. The third-order valence-corrected chi connectivity index (χ3v) is 1.80. The minimum atomic E-state index is 0. The predicted octanol–water partition coefficient (Wildman–Crippen LogP) is 1.85. The van der Waals surface area contributed by atoms with E-state index in [0.717, 1.165) is 11.4 Å². The number of rotatable bonds is 1. The monoisotopic (exact) mass is 353 g/mol. The molecule has 0 saturated carbocycles. The van der Waals surface area contributed by atoms with Gasteiger partial charge in [0.25, 0.3) is 0 Å². The second-order valence-electron chi connectivity index (χ2n) is 4.43. The fraction of sp³-hybridized carbons (Fsp3) is 0.778. The average Bonchev–Trinajstić information content (AvgIpc) is 2.30. The van der Waals surface area contributed by atoms with Crippen LogP contribution in [0.5, 0.6) is 0 Å². The molecule has 0 fully saturated rings. The molecule has 13 heavy (non-hydrogen) atoms. The molecule has 0 aliphatic carbocycles. The minimum Gasteiger partial charge on any atom is -0.354 e. The predicted molar refractivity (Wildman–Crippen MR) is 48.1 cm³/mol. The number of aromatic nitrogens is 3. The Hall–Kier alpha value is -0.198. The van der Waals surface area contributed by atoms with Gasteiger partial charge in [-0.1, -0.05) is 34.6 Å². The Morgan fingerprint density at radius 2 is 1.77 bits per heavy atom. The molecule has 1 heterocycles. The Labute approximate surface area is 93.4 Å². The first-order valence-corrected chi connectivity index (χ1v) is 4.29. The van der Waals surface area contributed by atoms with Gasteiger partial charge in [0.2, 0.25) is 0 Å². The van der Waals surface area contributed by atoms with E-state index in [2.05, 4.69) is 50.0 Å². The van der Waals surface area contributed by atoms with Crippen LogP contribution in [0.2, 0.25) is 0 Å². The maximum absolute atomic E-state index is 4.05. The van der Waals surface area contributed by atoms with Crippen molar-refractivity contribution in [2.75, 3.05) is 0 Å². The van der Waals surface area contributed by atoms with E-state index in [1.165, 1.54) is 0 Å². The fourth-order valence-corrected chi connectivity index (χ4v) is 1.14. The van der Waals surface area contributed by atoms with Crippen LogP contribution in [0, 0.1) is 0 Å². The van der Waals surface area contributed by atoms with Crippen LogP contribution in [-0.2, 0) is 25.8 Å². The van der Waals surface area contributed by atoms with Crippen molar-refractivity contribution >= 4 is 0 Å². The third-order valence-electron chi connectivity index (χ3n) is 1.80. The van der Waals surface area contributed by atoms with E-state index < -0.39 is 0 Å². The van der Waals surface area contributed by atoms with Crippen LogP contribution in [0.15, 0.2) is 0 Å². The molecule has 75 valence electrons. The molecule has 0 aromatic carbocycles. The van der Waals surface area contributed by atoms with Crippen LogP contribution in [-0.4, -0.2) is 10.3 Å². The SMILES string of the molecule is CC(C)c1[n-]nnc1C(C)(C)C.[Re]. The summed E-state index contributed by atoms with van der Waals surface area (Å²) in [6, 6.07) is 0. The van der Waals surface area contributed by atoms with Gasteiger partial charge in [-0.25, -0.2) is 0 Å². The molecule has 0 saturated heterocycles. The molecular formula is C9H16N3Re-. The molecule has 0 N–H and O–H groups in total. The van der Waals surface area contributed by atoms with Crippen LogP contribution < -0.4 is 5.10 Å². The molecule has 0 bridgehead atoms. The van der Waals surface area contributed by atoms with E-state index in [0.29, 0.717) is 5.92 Å². The number of hydrogen-bond acceptors (Lipinski definition) is 2.